The molecule has 0 aromatic carbocycles. The third-order valence-electron chi connectivity index (χ3n) is 3.51. The molecule has 1 fully saturated rings. The Morgan fingerprint density at radius 2 is 2.11 bits per heavy atom. The van der Waals surface area contributed by atoms with Crippen LogP contribution in [0.4, 0.5) is 4.79 Å². The molecule has 0 aliphatic heterocycles. The summed E-state index contributed by atoms with van der Waals surface area (Å²) < 4.78 is 5.46. The normalized spacial score (nSPS) is 18.1. The average Bonchev–Trinajstić information content (AvgIpc) is 2.23. The number of hydrogen-bond acceptors (Lipinski definition) is 3. The van der Waals surface area contributed by atoms with Crippen molar-refractivity contribution in [2.45, 2.75) is 51.2 Å². The van der Waals surface area contributed by atoms with Gasteiger partial charge in [-0.15, -0.1) is 0 Å². The maximum Gasteiger partial charge on any atom is 0.317 e. The molecule has 0 heterocycles. The van der Waals surface area contributed by atoms with Gasteiger partial charge in [-0.3, -0.25) is 0 Å². The largest absolute Gasteiger partial charge is 0.389 e. The number of likely N-dealkylation sites (N-methyl/N-ethyl adjacent to an activating group) is 1. The van der Waals surface area contributed by atoms with Crippen LogP contribution in [0, 0.1) is 0 Å². The van der Waals surface area contributed by atoms with Gasteiger partial charge in [0, 0.05) is 20.2 Å². The first-order valence-electron chi connectivity index (χ1n) is 6.62. The number of hydrogen-bond donors (Lipinski definition) is 2. The molecule has 2 amide bonds. The minimum atomic E-state index is -0.872. The van der Waals surface area contributed by atoms with E-state index in [4.69, 9.17) is 4.74 Å². The number of nitrogens with one attached hydrogen (secondary N) is 1. The minimum Gasteiger partial charge on any atom is -0.389 e. The Balaban J connectivity index is 2.42. The van der Waals surface area contributed by atoms with E-state index in [-0.39, 0.29) is 11.6 Å². The van der Waals surface area contributed by atoms with E-state index in [0.717, 1.165) is 19.3 Å². The van der Waals surface area contributed by atoms with Crippen LogP contribution in [-0.4, -0.2) is 54.0 Å². The van der Waals surface area contributed by atoms with Crippen molar-refractivity contribution in [2.75, 3.05) is 26.7 Å². The van der Waals surface area contributed by atoms with Gasteiger partial charge in [-0.1, -0.05) is 0 Å². The monoisotopic (exact) mass is 258 g/mol. The van der Waals surface area contributed by atoms with Crippen LogP contribution in [0.1, 0.15) is 40.0 Å². The van der Waals surface area contributed by atoms with E-state index < -0.39 is 5.60 Å². The maximum atomic E-state index is 12.0. The zero-order valence-electron chi connectivity index (χ0n) is 12.0. The number of methoxy groups -OCH3 is 1. The van der Waals surface area contributed by atoms with Gasteiger partial charge in [-0.05, 0) is 40.0 Å². The lowest BCUT2D eigenvalue weighted by atomic mass is 9.80. The fourth-order valence-corrected chi connectivity index (χ4v) is 2.17. The summed E-state index contributed by atoms with van der Waals surface area (Å²) in [4.78, 5) is 13.6. The Morgan fingerprint density at radius 1 is 1.50 bits per heavy atom. The van der Waals surface area contributed by atoms with Crippen LogP contribution in [0.3, 0.4) is 0 Å². The summed E-state index contributed by atoms with van der Waals surface area (Å²) in [7, 11) is 1.69. The molecule has 5 heteroatoms. The molecule has 0 radical (unpaired) electrons. The average molecular weight is 258 g/mol. The Morgan fingerprint density at radius 3 is 2.44 bits per heavy atom. The van der Waals surface area contributed by atoms with Crippen LogP contribution in [0.2, 0.25) is 0 Å². The molecule has 106 valence electrons. The third kappa shape index (κ3) is 4.14. The van der Waals surface area contributed by atoms with Crippen LogP contribution in [-0.2, 0) is 4.74 Å². The van der Waals surface area contributed by atoms with Crippen molar-refractivity contribution >= 4 is 6.03 Å². The van der Waals surface area contributed by atoms with Crippen molar-refractivity contribution in [2.24, 2.45) is 0 Å². The number of carbonyl (C=O) groups excluding carboxylic acids is 1. The summed E-state index contributed by atoms with van der Waals surface area (Å²) >= 11 is 0. The Bertz CT molecular complexity index is 277. The zero-order valence-corrected chi connectivity index (χ0v) is 12.0. The van der Waals surface area contributed by atoms with Crippen LogP contribution >= 0.6 is 0 Å². The smallest absolute Gasteiger partial charge is 0.317 e. The van der Waals surface area contributed by atoms with Crippen LogP contribution in [0.25, 0.3) is 0 Å². The second-order valence-electron chi connectivity index (χ2n) is 5.73. The Kier molecular flexibility index (Phi) is 4.99. The summed E-state index contributed by atoms with van der Waals surface area (Å²) in [6, 6.07) is -0.136. The molecule has 0 unspecified atom stereocenters. The van der Waals surface area contributed by atoms with E-state index in [1.807, 2.05) is 6.92 Å². The van der Waals surface area contributed by atoms with Gasteiger partial charge in [0.05, 0.1) is 17.7 Å². The van der Waals surface area contributed by atoms with Crippen molar-refractivity contribution in [3.63, 3.8) is 0 Å². The van der Waals surface area contributed by atoms with Gasteiger partial charge < -0.3 is 20.1 Å². The van der Waals surface area contributed by atoms with Crippen molar-refractivity contribution in [1.82, 2.24) is 10.2 Å². The van der Waals surface area contributed by atoms with Crippen molar-refractivity contribution in [3.05, 3.63) is 0 Å². The molecule has 0 aromatic rings. The van der Waals surface area contributed by atoms with Gasteiger partial charge in [0.15, 0.2) is 0 Å². The molecule has 0 saturated heterocycles. The summed E-state index contributed by atoms with van der Waals surface area (Å²) in [5.74, 6) is 0. The minimum absolute atomic E-state index is 0.136. The van der Waals surface area contributed by atoms with Gasteiger partial charge in [-0.25, -0.2) is 4.79 Å². The summed E-state index contributed by atoms with van der Waals surface area (Å²) in [6.07, 6.45) is 3.16. The first kappa shape index (κ1) is 15.2. The predicted molar refractivity (Wildman–Crippen MR) is 70.5 cm³/mol. The van der Waals surface area contributed by atoms with E-state index in [0.29, 0.717) is 19.6 Å². The topological polar surface area (TPSA) is 61.8 Å². The lowest BCUT2D eigenvalue weighted by molar-refractivity contribution is -0.0681. The van der Waals surface area contributed by atoms with Gasteiger partial charge in [0.25, 0.3) is 0 Å². The second-order valence-corrected chi connectivity index (χ2v) is 5.73. The molecule has 0 atom stereocenters. The van der Waals surface area contributed by atoms with Gasteiger partial charge in [-0.2, -0.15) is 0 Å². The quantitative estimate of drug-likeness (QED) is 0.756. The molecule has 18 heavy (non-hydrogen) atoms. The highest BCUT2D eigenvalue weighted by Gasteiger charge is 2.37. The zero-order chi connectivity index (χ0) is 13.8. The lowest BCUT2D eigenvalue weighted by Gasteiger charge is -2.41. The van der Waals surface area contributed by atoms with Gasteiger partial charge >= 0.3 is 6.03 Å². The Labute approximate surface area is 109 Å². The highest BCUT2D eigenvalue weighted by Crippen LogP contribution is 2.34. The number of carbonyl (C=O) groups is 1. The molecule has 1 rings (SSSR count). The highest BCUT2D eigenvalue weighted by atomic mass is 16.5. The fraction of sp³-hybridized carbons (Fsp3) is 0.923. The number of rotatable bonds is 6. The van der Waals surface area contributed by atoms with Crippen LogP contribution in [0.5, 0.6) is 0 Å². The number of nitrogens with zero attached hydrogens (tertiary/aromatic N) is 1. The standard InChI is InChI=1S/C13H26N2O3/c1-5-15(10-12(2,3)17)11(16)14-9-13(18-4)7-6-8-13/h17H,5-10H2,1-4H3,(H,14,16). The molecule has 1 aliphatic carbocycles. The molecule has 2 N–H and O–H groups in total. The molecule has 1 saturated carbocycles. The van der Waals surface area contributed by atoms with Crippen LogP contribution < -0.4 is 5.32 Å². The van der Waals surface area contributed by atoms with Gasteiger partial charge in [0.2, 0.25) is 0 Å². The molecular weight excluding hydrogens is 232 g/mol. The molecule has 0 aromatic heterocycles. The van der Waals surface area contributed by atoms with Crippen molar-refractivity contribution < 1.29 is 14.6 Å². The summed E-state index contributed by atoms with van der Waals surface area (Å²) in [5.41, 5.74) is -1.04. The highest BCUT2D eigenvalue weighted by molar-refractivity contribution is 5.74. The first-order valence-corrected chi connectivity index (χ1v) is 6.62. The third-order valence-corrected chi connectivity index (χ3v) is 3.51. The fourth-order valence-electron chi connectivity index (χ4n) is 2.17. The van der Waals surface area contributed by atoms with Gasteiger partial charge in [0.1, 0.15) is 0 Å². The molecule has 5 nitrogen and oxygen atoms in total. The number of urea groups is 1. The van der Waals surface area contributed by atoms with E-state index in [2.05, 4.69) is 5.32 Å². The number of amides is 2. The lowest BCUT2D eigenvalue weighted by Crippen LogP contribution is -2.53. The number of ether oxygens (including phenoxy) is 1. The number of aliphatic hydroxyl groups is 1. The predicted octanol–water partition coefficient (Wildman–Crippen LogP) is 1.36. The van der Waals surface area contributed by atoms with Crippen LogP contribution in [0.15, 0.2) is 0 Å². The Hall–Kier alpha value is -0.810. The molecule has 0 spiro atoms. The molecular formula is C13H26N2O3. The van der Waals surface area contributed by atoms with E-state index in [9.17, 15) is 9.90 Å². The van der Waals surface area contributed by atoms with E-state index >= 15 is 0 Å². The van der Waals surface area contributed by atoms with Crippen molar-refractivity contribution in [3.8, 4) is 0 Å². The summed E-state index contributed by atoms with van der Waals surface area (Å²) in [6.45, 7) is 6.76. The maximum absolute atomic E-state index is 12.0. The SMILES string of the molecule is CCN(CC(C)(C)O)C(=O)NCC1(OC)CCC1. The van der Waals surface area contributed by atoms with E-state index in [1.165, 1.54) is 0 Å². The summed E-state index contributed by atoms with van der Waals surface area (Å²) in [5, 5.41) is 12.7. The van der Waals surface area contributed by atoms with Crippen molar-refractivity contribution in [1.29, 1.82) is 0 Å². The molecule has 1 aliphatic rings. The second kappa shape index (κ2) is 5.89. The first-order chi connectivity index (χ1) is 8.32. The van der Waals surface area contributed by atoms with E-state index in [1.54, 1.807) is 25.9 Å². The molecule has 0 bridgehead atoms.